The van der Waals surface area contributed by atoms with Gasteiger partial charge in [-0.05, 0) is 62.4 Å². The molecule has 0 saturated heterocycles. The second-order valence-corrected chi connectivity index (χ2v) is 6.29. The first-order chi connectivity index (χ1) is 12.6. The SMILES string of the molecule is Cc1ccc(C(C)NC(=O)c2ccc(-n3cnc4ccccc43)cc2)o1. The van der Waals surface area contributed by atoms with E-state index in [1.807, 2.05) is 79.1 Å². The van der Waals surface area contributed by atoms with E-state index in [0.717, 1.165) is 28.2 Å². The average Bonchev–Trinajstić information content (AvgIpc) is 3.28. The number of nitrogens with zero attached hydrogens (tertiary/aromatic N) is 2. The summed E-state index contributed by atoms with van der Waals surface area (Å²) in [6.07, 6.45) is 1.79. The third-order valence-corrected chi connectivity index (χ3v) is 4.40. The number of benzene rings is 2. The van der Waals surface area contributed by atoms with E-state index < -0.39 is 0 Å². The van der Waals surface area contributed by atoms with Crippen molar-refractivity contribution >= 4 is 16.9 Å². The Labute approximate surface area is 151 Å². The van der Waals surface area contributed by atoms with Gasteiger partial charge in [0.1, 0.15) is 17.8 Å². The van der Waals surface area contributed by atoms with Crippen molar-refractivity contribution in [2.24, 2.45) is 0 Å². The fourth-order valence-corrected chi connectivity index (χ4v) is 2.98. The van der Waals surface area contributed by atoms with Crippen molar-refractivity contribution in [2.75, 3.05) is 0 Å². The van der Waals surface area contributed by atoms with Gasteiger partial charge in [0.15, 0.2) is 0 Å². The molecule has 2 heterocycles. The van der Waals surface area contributed by atoms with Gasteiger partial charge in [-0.2, -0.15) is 0 Å². The largest absolute Gasteiger partial charge is 0.464 e. The number of furan rings is 1. The van der Waals surface area contributed by atoms with E-state index in [1.54, 1.807) is 6.33 Å². The molecule has 2 aromatic heterocycles. The van der Waals surface area contributed by atoms with Crippen LogP contribution >= 0.6 is 0 Å². The van der Waals surface area contributed by atoms with Crippen molar-refractivity contribution in [1.82, 2.24) is 14.9 Å². The number of carbonyl (C=O) groups is 1. The highest BCUT2D eigenvalue weighted by atomic mass is 16.3. The molecule has 0 aliphatic rings. The van der Waals surface area contributed by atoms with Crippen LogP contribution in [0.25, 0.3) is 16.7 Å². The number of imidazole rings is 1. The number of amides is 1. The first kappa shape index (κ1) is 16.1. The molecular formula is C21H19N3O2. The number of rotatable bonds is 4. The minimum atomic E-state index is -0.187. The summed E-state index contributed by atoms with van der Waals surface area (Å²) in [7, 11) is 0. The summed E-state index contributed by atoms with van der Waals surface area (Å²) >= 11 is 0. The molecule has 130 valence electrons. The van der Waals surface area contributed by atoms with Crippen LogP contribution in [0.15, 0.2) is 71.4 Å². The zero-order valence-electron chi connectivity index (χ0n) is 14.6. The third-order valence-electron chi connectivity index (χ3n) is 4.40. The summed E-state index contributed by atoms with van der Waals surface area (Å²) in [5.74, 6) is 1.45. The zero-order valence-corrected chi connectivity index (χ0v) is 14.6. The summed E-state index contributed by atoms with van der Waals surface area (Å²) in [5, 5.41) is 2.96. The van der Waals surface area contributed by atoms with Crippen molar-refractivity contribution in [3.05, 3.63) is 84.1 Å². The maximum atomic E-state index is 12.5. The van der Waals surface area contributed by atoms with Crippen LogP contribution in [0.2, 0.25) is 0 Å². The average molecular weight is 345 g/mol. The van der Waals surface area contributed by atoms with Gasteiger partial charge in [0.25, 0.3) is 5.91 Å². The van der Waals surface area contributed by atoms with Crippen molar-refractivity contribution < 1.29 is 9.21 Å². The quantitative estimate of drug-likeness (QED) is 0.596. The van der Waals surface area contributed by atoms with Crippen molar-refractivity contribution in [3.8, 4) is 5.69 Å². The highest BCUT2D eigenvalue weighted by Gasteiger charge is 2.14. The molecule has 1 unspecified atom stereocenters. The van der Waals surface area contributed by atoms with E-state index in [4.69, 9.17) is 4.42 Å². The summed E-state index contributed by atoms with van der Waals surface area (Å²) < 4.78 is 7.57. The lowest BCUT2D eigenvalue weighted by Crippen LogP contribution is -2.26. The number of hydrogen-bond donors (Lipinski definition) is 1. The molecule has 5 heteroatoms. The maximum Gasteiger partial charge on any atom is 0.251 e. The first-order valence-corrected chi connectivity index (χ1v) is 8.51. The van der Waals surface area contributed by atoms with Crippen molar-refractivity contribution in [3.63, 3.8) is 0 Å². The Morgan fingerprint density at radius 1 is 1.08 bits per heavy atom. The standard InChI is InChI=1S/C21H19N3O2/c1-14-7-12-20(26-14)15(2)23-21(25)16-8-10-17(11-9-16)24-13-22-18-5-3-4-6-19(18)24/h3-13,15H,1-2H3,(H,23,25). The smallest absolute Gasteiger partial charge is 0.251 e. The van der Waals surface area contributed by atoms with E-state index in [1.165, 1.54) is 0 Å². The molecule has 26 heavy (non-hydrogen) atoms. The molecule has 5 nitrogen and oxygen atoms in total. The molecule has 1 N–H and O–H groups in total. The fraction of sp³-hybridized carbons (Fsp3) is 0.143. The Kier molecular flexibility index (Phi) is 4.05. The van der Waals surface area contributed by atoms with Crippen LogP contribution in [0, 0.1) is 6.92 Å². The molecule has 1 amide bonds. The number of nitrogens with one attached hydrogen (secondary N) is 1. The first-order valence-electron chi connectivity index (χ1n) is 8.51. The van der Waals surface area contributed by atoms with Crippen LogP contribution < -0.4 is 5.32 Å². The number of fused-ring (bicyclic) bond motifs is 1. The minimum absolute atomic E-state index is 0.131. The highest BCUT2D eigenvalue weighted by molar-refractivity contribution is 5.94. The number of aromatic nitrogens is 2. The molecule has 0 aliphatic carbocycles. The van der Waals surface area contributed by atoms with Crippen LogP contribution in [-0.4, -0.2) is 15.5 Å². The molecule has 2 aromatic carbocycles. The lowest BCUT2D eigenvalue weighted by Gasteiger charge is -2.12. The number of hydrogen-bond acceptors (Lipinski definition) is 3. The summed E-state index contributed by atoms with van der Waals surface area (Å²) in [5.41, 5.74) is 3.54. The van der Waals surface area contributed by atoms with E-state index >= 15 is 0 Å². The van der Waals surface area contributed by atoms with Gasteiger partial charge in [0.2, 0.25) is 0 Å². The molecule has 0 aliphatic heterocycles. The highest BCUT2D eigenvalue weighted by Crippen LogP contribution is 2.19. The number of carbonyl (C=O) groups excluding carboxylic acids is 1. The Hall–Kier alpha value is -3.34. The Morgan fingerprint density at radius 2 is 1.85 bits per heavy atom. The monoisotopic (exact) mass is 345 g/mol. The maximum absolute atomic E-state index is 12.5. The zero-order chi connectivity index (χ0) is 18.1. The van der Waals surface area contributed by atoms with E-state index in [-0.39, 0.29) is 11.9 Å². The van der Waals surface area contributed by atoms with Gasteiger partial charge in [-0.3, -0.25) is 9.36 Å². The van der Waals surface area contributed by atoms with Crippen LogP contribution in [0.1, 0.15) is 34.8 Å². The Morgan fingerprint density at radius 3 is 2.58 bits per heavy atom. The number of aryl methyl sites for hydroxylation is 1. The van der Waals surface area contributed by atoms with E-state index in [9.17, 15) is 4.79 Å². The molecule has 0 bridgehead atoms. The second kappa shape index (κ2) is 6.52. The van der Waals surface area contributed by atoms with E-state index in [0.29, 0.717) is 5.56 Å². The van der Waals surface area contributed by atoms with Crippen molar-refractivity contribution in [1.29, 1.82) is 0 Å². The summed E-state index contributed by atoms with van der Waals surface area (Å²) in [4.78, 5) is 16.9. The van der Waals surface area contributed by atoms with Gasteiger partial charge in [-0.25, -0.2) is 4.98 Å². The van der Waals surface area contributed by atoms with Gasteiger partial charge in [0, 0.05) is 11.3 Å². The minimum Gasteiger partial charge on any atom is -0.464 e. The molecule has 0 radical (unpaired) electrons. The molecular weight excluding hydrogens is 326 g/mol. The predicted octanol–water partition coefficient (Wildman–Crippen LogP) is 4.42. The molecule has 4 rings (SSSR count). The van der Waals surface area contributed by atoms with E-state index in [2.05, 4.69) is 10.3 Å². The number of para-hydroxylation sites is 2. The molecule has 4 aromatic rings. The summed E-state index contributed by atoms with van der Waals surface area (Å²) in [6.45, 7) is 3.79. The van der Waals surface area contributed by atoms with Gasteiger partial charge in [0.05, 0.1) is 17.1 Å². The fourth-order valence-electron chi connectivity index (χ4n) is 2.98. The molecule has 1 atom stereocenters. The lowest BCUT2D eigenvalue weighted by molar-refractivity contribution is 0.0935. The van der Waals surface area contributed by atoms with Crippen LogP contribution in [-0.2, 0) is 0 Å². The third kappa shape index (κ3) is 2.99. The predicted molar refractivity (Wildman–Crippen MR) is 100 cm³/mol. The van der Waals surface area contributed by atoms with Gasteiger partial charge in [-0.1, -0.05) is 12.1 Å². The van der Waals surface area contributed by atoms with Crippen LogP contribution in [0.3, 0.4) is 0 Å². The Balaban J connectivity index is 1.53. The molecule has 0 spiro atoms. The van der Waals surface area contributed by atoms with Crippen molar-refractivity contribution in [2.45, 2.75) is 19.9 Å². The van der Waals surface area contributed by atoms with Gasteiger partial charge >= 0.3 is 0 Å². The van der Waals surface area contributed by atoms with Crippen LogP contribution in [0.4, 0.5) is 0 Å². The Bertz CT molecular complexity index is 1060. The van der Waals surface area contributed by atoms with Gasteiger partial charge in [-0.15, -0.1) is 0 Å². The molecule has 0 fully saturated rings. The molecule has 0 saturated carbocycles. The summed E-state index contributed by atoms with van der Waals surface area (Å²) in [6, 6.07) is 19.0. The topological polar surface area (TPSA) is 60.1 Å². The second-order valence-electron chi connectivity index (χ2n) is 6.29. The lowest BCUT2D eigenvalue weighted by atomic mass is 10.1. The van der Waals surface area contributed by atoms with Gasteiger partial charge < -0.3 is 9.73 Å². The normalized spacial score (nSPS) is 12.2. The van der Waals surface area contributed by atoms with Crippen LogP contribution in [0.5, 0.6) is 0 Å².